The van der Waals surface area contributed by atoms with Crippen molar-refractivity contribution in [1.29, 1.82) is 0 Å². The zero-order valence-electron chi connectivity index (χ0n) is 17.8. The average molecular weight is 434 g/mol. The summed E-state index contributed by atoms with van der Waals surface area (Å²) < 4.78 is 20.4. The second kappa shape index (κ2) is 8.74. The number of rotatable bonds is 7. The van der Waals surface area contributed by atoms with E-state index in [4.69, 9.17) is 4.74 Å². The van der Waals surface area contributed by atoms with Crippen LogP contribution in [0.25, 0.3) is 0 Å². The van der Waals surface area contributed by atoms with Crippen molar-refractivity contribution in [2.45, 2.75) is 38.8 Å². The average Bonchev–Trinajstić information content (AvgIpc) is 3.56. The fourth-order valence-corrected chi connectivity index (χ4v) is 3.36. The number of amides is 2. The number of nitrogens with one attached hydrogen (secondary N) is 2. The van der Waals surface area contributed by atoms with Gasteiger partial charge in [0.1, 0.15) is 29.2 Å². The molecule has 8 heteroatoms. The molecule has 2 aromatic carbocycles. The van der Waals surface area contributed by atoms with Gasteiger partial charge in [-0.25, -0.2) is 14.4 Å². The van der Waals surface area contributed by atoms with Crippen LogP contribution >= 0.6 is 0 Å². The minimum absolute atomic E-state index is 0.000570. The maximum Gasteiger partial charge on any atom is 0.255 e. The van der Waals surface area contributed by atoms with Crippen LogP contribution in [0.5, 0.6) is 11.5 Å². The predicted octanol–water partition coefficient (Wildman–Crippen LogP) is 3.60. The number of carbonyl (C=O) groups is 2. The van der Waals surface area contributed by atoms with Crippen molar-refractivity contribution in [3.05, 3.63) is 83.2 Å². The van der Waals surface area contributed by atoms with E-state index in [9.17, 15) is 14.0 Å². The number of carbonyl (C=O) groups excluding carboxylic acids is 2. The van der Waals surface area contributed by atoms with E-state index in [-0.39, 0.29) is 18.0 Å². The molecule has 1 aromatic heterocycles. The number of hydrogen-bond donors (Lipinski definition) is 2. The summed E-state index contributed by atoms with van der Waals surface area (Å²) in [7, 11) is 0. The number of hydrogen-bond acceptors (Lipinski definition) is 5. The lowest BCUT2D eigenvalue weighted by Gasteiger charge is -2.17. The zero-order valence-corrected chi connectivity index (χ0v) is 17.8. The number of aryl methyl sites for hydroxylation is 2. The summed E-state index contributed by atoms with van der Waals surface area (Å²) in [5.74, 6) is -0.218. The SMILES string of the molecule is Cc1ccc(Oc2ccc(CNC(=O)C3(NC(=O)c4cncnc4)CC3)c(F)c2)c(C)c1. The Balaban J connectivity index is 1.36. The second-order valence-electron chi connectivity index (χ2n) is 7.97. The van der Waals surface area contributed by atoms with Crippen molar-refractivity contribution < 1.29 is 18.7 Å². The second-order valence-corrected chi connectivity index (χ2v) is 7.97. The standard InChI is InChI=1S/C24H23FN4O3/c1-15-3-6-21(16(2)9-15)32-19-5-4-17(20(25)10-19)13-28-23(31)24(7-8-24)29-22(30)18-11-26-14-27-12-18/h3-6,9-12,14H,7-8,13H2,1-2H3,(H,28,31)(H,29,30). The molecule has 1 aliphatic carbocycles. The van der Waals surface area contributed by atoms with E-state index >= 15 is 0 Å². The van der Waals surface area contributed by atoms with Crippen molar-refractivity contribution in [3.63, 3.8) is 0 Å². The van der Waals surface area contributed by atoms with Gasteiger partial charge in [0.15, 0.2) is 0 Å². The molecular formula is C24H23FN4O3. The zero-order chi connectivity index (χ0) is 22.7. The van der Waals surface area contributed by atoms with Gasteiger partial charge >= 0.3 is 0 Å². The molecule has 0 spiro atoms. The third-order valence-corrected chi connectivity index (χ3v) is 5.38. The predicted molar refractivity (Wildman–Crippen MR) is 116 cm³/mol. The molecule has 164 valence electrons. The van der Waals surface area contributed by atoms with E-state index in [1.807, 2.05) is 32.0 Å². The number of halogens is 1. The first kappa shape index (κ1) is 21.4. The molecule has 1 aliphatic rings. The summed E-state index contributed by atoms with van der Waals surface area (Å²) in [5.41, 5.74) is 1.70. The molecule has 0 radical (unpaired) electrons. The van der Waals surface area contributed by atoms with Crippen molar-refractivity contribution >= 4 is 11.8 Å². The largest absolute Gasteiger partial charge is 0.457 e. The maximum absolute atomic E-state index is 14.6. The molecule has 3 aromatic rings. The van der Waals surface area contributed by atoms with Crippen LogP contribution in [0, 0.1) is 19.7 Å². The molecule has 0 unspecified atom stereocenters. The molecule has 0 aliphatic heterocycles. The van der Waals surface area contributed by atoms with E-state index in [0.29, 0.717) is 29.9 Å². The first-order valence-corrected chi connectivity index (χ1v) is 10.3. The van der Waals surface area contributed by atoms with E-state index in [2.05, 4.69) is 20.6 Å². The number of benzene rings is 2. The summed E-state index contributed by atoms with van der Waals surface area (Å²) in [6.45, 7) is 3.92. The topological polar surface area (TPSA) is 93.2 Å². The van der Waals surface area contributed by atoms with Crippen LogP contribution < -0.4 is 15.4 Å². The molecule has 1 saturated carbocycles. The number of ether oxygens (including phenoxy) is 1. The molecule has 0 bridgehead atoms. The van der Waals surface area contributed by atoms with Crippen LogP contribution in [0.15, 0.2) is 55.1 Å². The highest BCUT2D eigenvalue weighted by molar-refractivity contribution is 6.00. The highest BCUT2D eigenvalue weighted by atomic mass is 19.1. The fraction of sp³-hybridized carbons (Fsp3) is 0.250. The molecule has 7 nitrogen and oxygen atoms in total. The molecule has 0 saturated heterocycles. The van der Waals surface area contributed by atoms with Crippen LogP contribution in [0.3, 0.4) is 0 Å². The van der Waals surface area contributed by atoms with Crippen molar-refractivity contribution in [2.24, 2.45) is 0 Å². The van der Waals surface area contributed by atoms with Gasteiger partial charge in [-0.2, -0.15) is 0 Å². The molecule has 32 heavy (non-hydrogen) atoms. The lowest BCUT2D eigenvalue weighted by molar-refractivity contribution is -0.124. The first-order chi connectivity index (χ1) is 15.4. The van der Waals surface area contributed by atoms with E-state index in [1.54, 1.807) is 12.1 Å². The summed E-state index contributed by atoms with van der Waals surface area (Å²) in [6.07, 6.45) is 5.12. The quantitative estimate of drug-likeness (QED) is 0.593. The van der Waals surface area contributed by atoms with Crippen molar-refractivity contribution in [2.75, 3.05) is 0 Å². The molecule has 2 amide bonds. The third-order valence-electron chi connectivity index (χ3n) is 5.38. The Morgan fingerprint density at radius 1 is 1.09 bits per heavy atom. The van der Waals surface area contributed by atoms with Gasteiger partial charge in [0.25, 0.3) is 5.91 Å². The Bertz CT molecular complexity index is 1160. The Labute approximate surface area is 185 Å². The van der Waals surface area contributed by atoms with Gasteiger partial charge in [-0.15, -0.1) is 0 Å². The van der Waals surface area contributed by atoms with Gasteiger partial charge in [0.2, 0.25) is 5.91 Å². The minimum Gasteiger partial charge on any atom is -0.457 e. The molecule has 1 heterocycles. The normalized spacial score (nSPS) is 13.8. The Hall–Kier alpha value is -3.81. The Morgan fingerprint density at radius 3 is 2.50 bits per heavy atom. The first-order valence-electron chi connectivity index (χ1n) is 10.3. The Morgan fingerprint density at radius 2 is 1.84 bits per heavy atom. The van der Waals surface area contributed by atoms with Gasteiger partial charge in [0.05, 0.1) is 5.56 Å². The van der Waals surface area contributed by atoms with Gasteiger partial charge in [-0.1, -0.05) is 23.8 Å². The highest BCUT2D eigenvalue weighted by Gasteiger charge is 2.51. The Kier molecular flexibility index (Phi) is 5.85. The lowest BCUT2D eigenvalue weighted by atomic mass is 10.1. The monoisotopic (exact) mass is 434 g/mol. The summed E-state index contributed by atoms with van der Waals surface area (Å²) >= 11 is 0. The van der Waals surface area contributed by atoms with Gasteiger partial charge < -0.3 is 15.4 Å². The van der Waals surface area contributed by atoms with Crippen molar-refractivity contribution in [3.8, 4) is 11.5 Å². The maximum atomic E-state index is 14.6. The van der Waals surface area contributed by atoms with Gasteiger partial charge in [-0.3, -0.25) is 9.59 Å². The van der Waals surface area contributed by atoms with Crippen LogP contribution in [-0.4, -0.2) is 27.3 Å². The molecule has 2 N–H and O–H groups in total. The number of aromatic nitrogens is 2. The van der Waals surface area contributed by atoms with Crippen LogP contribution in [-0.2, 0) is 11.3 Å². The number of nitrogens with zero attached hydrogens (tertiary/aromatic N) is 2. The van der Waals surface area contributed by atoms with Crippen LogP contribution in [0.1, 0.15) is 39.9 Å². The molecule has 4 rings (SSSR count). The summed E-state index contributed by atoms with van der Waals surface area (Å²) in [6, 6.07) is 10.3. The molecule has 1 fully saturated rings. The smallest absolute Gasteiger partial charge is 0.255 e. The molecule has 0 atom stereocenters. The van der Waals surface area contributed by atoms with Crippen LogP contribution in [0.4, 0.5) is 4.39 Å². The van der Waals surface area contributed by atoms with Gasteiger partial charge in [-0.05, 0) is 44.4 Å². The van der Waals surface area contributed by atoms with Crippen LogP contribution in [0.2, 0.25) is 0 Å². The fourth-order valence-electron chi connectivity index (χ4n) is 3.36. The van der Waals surface area contributed by atoms with E-state index < -0.39 is 17.3 Å². The lowest BCUT2D eigenvalue weighted by Crippen LogP contribution is -2.48. The highest BCUT2D eigenvalue weighted by Crippen LogP contribution is 2.36. The minimum atomic E-state index is -0.977. The summed E-state index contributed by atoms with van der Waals surface area (Å²) in [5, 5.41) is 5.45. The molecular weight excluding hydrogens is 411 g/mol. The summed E-state index contributed by atoms with van der Waals surface area (Å²) in [4.78, 5) is 32.6. The van der Waals surface area contributed by atoms with E-state index in [0.717, 1.165) is 11.1 Å². The third kappa shape index (κ3) is 4.74. The van der Waals surface area contributed by atoms with Crippen molar-refractivity contribution in [1.82, 2.24) is 20.6 Å². The van der Waals surface area contributed by atoms with E-state index in [1.165, 1.54) is 24.8 Å². The van der Waals surface area contributed by atoms with Gasteiger partial charge in [0, 0.05) is 30.6 Å².